The quantitative estimate of drug-likeness (QED) is 0.422. The zero-order valence-corrected chi connectivity index (χ0v) is 17.8. The molecule has 10 nitrogen and oxygen atoms in total. The van der Waals surface area contributed by atoms with E-state index in [0.717, 1.165) is 6.54 Å². The predicted molar refractivity (Wildman–Crippen MR) is 116 cm³/mol. The standard InChI is InChI=1S/C8H12N4O2S.C8H13N3OS/c1-4(2)3-12-6(9)5(11-14)7(13)10-8(12)15;1-5(2)4-11-6(9)3-7(12)10-8(11)13/h4H,3,9H2,1-2H3,(H,10,13,15);3,5H,4,9H2,1-2H3,(H,10,12,13). The van der Waals surface area contributed by atoms with Gasteiger partial charge in [0.15, 0.2) is 9.54 Å². The largest absolute Gasteiger partial charge is 0.385 e. The van der Waals surface area contributed by atoms with Crippen LogP contribution >= 0.6 is 24.4 Å². The summed E-state index contributed by atoms with van der Waals surface area (Å²) in [7, 11) is 0. The second kappa shape index (κ2) is 10.1. The van der Waals surface area contributed by atoms with Crippen LogP contribution in [0.1, 0.15) is 27.7 Å². The highest BCUT2D eigenvalue weighted by Crippen LogP contribution is 2.16. The number of aromatic nitrogens is 4. The molecule has 0 unspecified atom stereocenters. The highest BCUT2D eigenvalue weighted by molar-refractivity contribution is 7.71. The number of hydrogen-bond donors (Lipinski definition) is 4. The fourth-order valence-electron chi connectivity index (χ4n) is 2.30. The molecule has 0 aliphatic heterocycles. The number of hydrogen-bond acceptors (Lipinski definition) is 8. The number of nitroso groups, excluding NO2 is 1. The molecule has 0 saturated heterocycles. The molecule has 154 valence electrons. The first kappa shape index (κ1) is 23.4. The van der Waals surface area contributed by atoms with Gasteiger partial charge in [-0.3, -0.25) is 19.6 Å². The molecule has 0 atom stereocenters. The second-order valence-corrected chi connectivity index (χ2v) is 7.73. The molecule has 0 bridgehead atoms. The van der Waals surface area contributed by atoms with Crippen molar-refractivity contribution in [3.05, 3.63) is 41.2 Å². The summed E-state index contributed by atoms with van der Waals surface area (Å²) in [5, 5.41) is 2.59. The van der Waals surface area contributed by atoms with Crippen LogP contribution in [0.2, 0.25) is 0 Å². The van der Waals surface area contributed by atoms with Crippen molar-refractivity contribution in [2.45, 2.75) is 40.8 Å². The van der Waals surface area contributed by atoms with E-state index in [4.69, 9.17) is 35.9 Å². The molecule has 0 aliphatic carbocycles. The summed E-state index contributed by atoms with van der Waals surface area (Å²) in [6.07, 6.45) is 0. The molecule has 0 saturated carbocycles. The number of nitrogens with one attached hydrogen (secondary N) is 2. The first-order valence-electron chi connectivity index (χ1n) is 8.53. The minimum Gasteiger partial charge on any atom is -0.385 e. The van der Waals surface area contributed by atoms with Gasteiger partial charge in [0.2, 0.25) is 5.69 Å². The molecule has 28 heavy (non-hydrogen) atoms. The van der Waals surface area contributed by atoms with E-state index in [1.54, 1.807) is 4.57 Å². The lowest BCUT2D eigenvalue weighted by atomic mass is 10.2. The van der Waals surface area contributed by atoms with E-state index in [0.29, 0.717) is 29.0 Å². The van der Waals surface area contributed by atoms with Crippen LogP contribution in [0, 0.1) is 26.3 Å². The van der Waals surface area contributed by atoms with Gasteiger partial charge < -0.3 is 20.6 Å². The van der Waals surface area contributed by atoms with Gasteiger partial charge in [0.05, 0.1) is 0 Å². The van der Waals surface area contributed by atoms with E-state index in [9.17, 15) is 14.5 Å². The van der Waals surface area contributed by atoms with Crippen molar-refractivity contribution in [2.24, 2.45) is 17.0 Å². The van der Waals surface area contributed by atoms with Crippen molar-refractivity contribution in [1.29, 1.82) is 0 Å². The molecule has 2 aromatic heterocycles. The molecule has 0 radical (unpaired) electrons. The third-order valence-corrected chi connectivity index (χ3v) is 4.11. The third kappa shape index (κ3) is 6.23. The number of H-pyrrole nitrogens is 2. The fraction of sp³-hybridized carbons (Fsp3) is 0.500. The first-order valence-corrected chi connectivity index (χ1v) is 9.35. The van der Waals surface area contributed by atoms with Crippen molar-refractivity contribution in [1.82, 2.24) is 19.1 Å². The molecule has 12 heteroatoms. The van der Waals surface area contributed by atoms with Crippen LogP contribution in [0.3, 0.4) is 0 Å². The van der Waals surface area contributed by atoms with Gasteiger partial charge >= 0.3 is 0 Å². The third-order valence-electron chi connectivity index (χ3n) is 3.47. The number of aromatic amines is 2. The van der Waals surface area contributed by atoms with Gasteiger partial charge in [-0.1, -0.05) is 27.7 Å². The van der Waals surface area contributed by atoms with Gasteiger partial charge in [0.25, 0.3) is 11.1 Å². The Bertz CT molecular complexity index is 1060. The summed E-state index contributed by atoms with van der Waals surface area (Å²) in [5.74, 6) is 1.18. The van der Waals surface area contributed by atoms with Crippen LogP contribution in [-0.2, 0) is 13.1 Å². The zero-order valence-electron chi connectivity index (χ0n) is 16.2. The summed E-state index contributed by atoms with van der Waals surface area (Å²) in [6, 6.07) is 1.35. The van der Waals surface area contributed by atoms with Crippen LogP contribution in [-0.4, -0.2) is 19.1 Å². The summed E-state index contributed by atoms with van der Waals surface area (Å²) >= 11 is 9.91. The molecule has 0 amide bonds. The molecule has 2 rings (SSSR count). The molecular formula is C16H25N7O3S2. The number of nitrogen functional groups attached to an aromatic ring is 2. The van der Waals surface area contributed by atoms with Crippen molar-refractivity contribution in [3.8, 4) is 0 Å². The van der Waals surface area contributed by atoms with E-state index in [2.05, 4.69) is 29.0 Å². The van der Waals surface area contributed by atoms with Crippen LogP contribution < -0.4 is 22.6 Å². The van der Waals surface area contributed by atoms with Gasteiger partial charge in [-0.25, -0.2) is 0 Å². The van der Waals surface area contributed by atoms with E-state index < -0.39 is 5.56 Å². The van der Waals surface area contributed by atoms with Crippen LogP contribution in [0.25, 0.3) is 0 Å². The van der Waals surface area contributed by atoms with Crippen molar-refractivity contribution in [3.63, 3.8) is 0 Å². The lowest BCUT2D eigenvalue weighted by Crippen LogP contribution is -2.19. The van der Waals surface area contributed by atoms with Gasteiger partial charge in [0, 0.05) is 19.2 Å². The van der Waals surface area contributed by atoms with Crippen LogP contribution in [0.4, 0.5) is 17.3 Å². The topological polar surface area (TPSA) is 157 Å². The maximum Gasteiger partial charge on any atom is 0.283 e. The minimum atomic E-state index is -0.646. The molecule has 0 aromatic carbocycles. The summed E-state index contributed by atoms with van der Waals surface area (Å²) in [4.78, 5) is 37.4. The smallest absolute Gasteiger partial charge is 0.283 e. The molecule has 0 spiro atoms. The first-order chi connectivity index (χ1) is 13.0. The van der Waals surface area contributed by atoms with Gasteiger partial charge in [0.1, 0.15) is 11.6 Å². The number of nitrogens with two attached hydrogens (primary N) is 2. The lowest BCUT2D eigenvalue weighted by Gasteiger charge is -2.12. The second-order valence-electron chi connectivity index (χ2n) is 6.96. The van der Waals surface area contributed by atoms with E-state index in [1.165, 1.54) is 10.6 Å². The van der Waals surface area contributed by atoms with Crippen LogP contribution in [0.15, 0.2) is 20.8 Å². The lowest BCUT2D eigenvalue weighted by molar-refractivity contribution is 0.515. The van der Waals surface area contributed by atoms with Crippen molar-refractivity contribution >= 4 is 41.8 Å². The Balaban J connectivity index is 0.000000283. The summed E-state index contributed by atoms with van der Waals surface area (Å²) < 4.78 is 3.82. The predicted octanol–water partition coefficient (Wildman–Crippen LogP) is 2.69. The normalized spacial score (nSPS) is 10.6. The molecule has 2 aromatic rings. The number of anilines is 2. The zero-order chi connectivity index (χ0) is 21.6. The van der Waals surface area contributed by atoms with Crippen molar-refractivity contribution < 1.29 is 0 Å². The van der Waals surface area contributed by atoms with Crippen LogP contribution in [0.5, 0.6) is 0 Å². The Morgan fingerprint density at radius 3 is 1.96 bits per heavy atom. The molecule has 2 heterocycles. The molecule has 0 fully saturated rings. The maximum absolute atomic E-state index is 11.2. The molecule has 6 N–H and O–H groups in total. The van der Waals surface area contributed by atoms with E-state index in [-0.39, 0.29) is 21.8 Å². The average molecular weight is 428 g/mol. The van der Waals surface area contributed by atoms with E-state index in [1.807, 2.05) is 13.8 Å². The molecule has 0 aliphatic rings. The van der Waals surface area contributed by atoms with Gasteiger partial charge in [-0.05, 0) is 41.4 Å². The van der Waals surface area contributed by atoms with E-state index >= 15 is 0 Å². The number of nitrogens with zero attached hydrogens (tertiary/aromatic N) is 3. The SMILES string of the molecule is CC(C)Cn1c(N)c(N=O)c(=O)[nH]c1=S.CC(C)Cn1c(N)cc(=O)[nH]c1=S. The summed E-state index contributed by atoms with van der Waals surface area (Å²) in [5.41, 5.74) is 10.1. The monoisotopic (exact) mass is 427 g/mol. The Labute approximate surface area is 171 Å². The Hall–Kier alpha value is -2.60. The maximum atomic E-state index is 11.2. The fourth-order valence-corrected chi connectivity index (χ4v) is 2.85. The average Bonchev–Trinajstić information content (AvgIpc) is 2.55. The van der Waals surface area contributed by atoms with Crippen molar-refractivity contribution in [2.75, 3.05) is 11.5 Å². The Kier molecular flexibility index (Phi) is 8.44. The Morgan fingerprint density at radius 1 is 1.00 bits per heavy atom. The Morgan fingerprint density at radius 2 is 1.50 bits per heavy atom. The minimum absolute atomic E-state index is 0.0208. The number of rotatable bonds is 5. The highest BCUT2D eigenvalue weighted by Gasteiger charge is 2.11. The highest BCUT2D eigenvalue weighted by atomic mass is 32.1. The van der Waals surface area contributed by atoms with Gasteiger partial charge in [-0.15, -0.1) is 4.91 Å². The molecular weight excluding hydrogens is 402 g/mol. The van der Waals surface area contributed by atoms with Gasteiger partial charge in [-0.2, -0.15) is 0 Å². The summed E-state index contributed by atoms with van der Waals surface area (Å²) in [6.45, 7) is 9.32.